The molecule has 0 saturated heterocycles. The molecule has 0 aliphatic carbocycles. The van der Waals surface area contributed by atoms with E-state index in [-0.39, 0.29) is 12.2 Å². The smallest absolute Gasteiger partial charge is 0.416 e. The number of hydrogen-bond acceptors (Lipinski definition) is 3. The lowest BCUT2D eigenvalue weighted by Gasteiger charge is -2.31. The second-order valence-electron chi connectivity index (χ2n) is 19.2. The van der Waals surface area contributed by atoms with Crippen molar-refractivity contribution in [1.29, 1.82) is 0 Å². The molecule has 0 radical (unpaired) electrons. The van der Waals surface area contributed by atoms with Crippen LogP contribution in [0.15, 0.2) is 170 Å². The first-order valence-electron chi connectivity index (χ1n) is 23.7. The quantitative estimate of drug-likeness (QED) is 0.0714. The van der Waals surface area contributed by atoms with Crippen LogP contribution in [0, 0.1) is 0 Å². The van der Waals surface area contributed by atoms with Crippen molar-refractivity contribution in [2.24, 2.45) is 0 Å². The number of ether oxygens (including phenoxy) is 2. The SMILES string of the molecule is CC(C)Oc1ccc(CCN2/C(=C/C=C/C3=[N+](CCc4ccc(OC(C)C)cc4)c4ccc(C(F)(F)F)cc4C3(C)Cc3ccccc3)C(C)(Cc3ccccc3)c3cc(C(F)(F)F)ccc32)cc1. The molecule has 6 aromatic carbocycles. The van der Waals surface area contributed by atoms with Crippen molar-refractivity contribution >= 4 is 17.1 Å². The Morgan fingerprint density at radius 2 is 1.06 bits per heavy atom. The minimum Gasteiger partial charge on any atom is -0.491 e. The topological polar surface area (TPSA) is 24.7 Å². The van der Waals surface area contributed by atoms with Crippen LogP contribution in [0.3, 0.4) is 0 Å². The predicted molar refractivity (Wildman–Crippen MR) is 264 cm³/mol. The fraction of sp³-hybridized carbons (Fsp3) is 0.305. The molecule has 0 fully saturated rings. The number of allylic oxidation sites excluding steroid dienone is 4. The van der Waals surface area contributed by atoms with Crippen LogP contribution in [0.5, 0.6) is 11.5 Å². The Balaban J connectivity index is 1.27. The summed E-state index contributed by atoms with van der Waals surface area (Å²) in [4.78, 5) is 2.14. The number of fused-ring (bicyclic) bond motifs is 2. The molecule has 69 heavy (non-hydrogen) atoms. The van der Waals surface area contributed by atoms with Crippen molar-refractivity contribution in [3.8, 4) is 11.5 Å². The zero-order chi connectivity index (χ0) is 49.1. The van der Waals surface area contributed by atoms with Gasteiger partial charge in [-0.2, -0.15) is 30.9 Å². The Bertz CT molecular complexity index is 2830. The van der Waals surface area contributed by atoms with E-state index in [0.29, 0.717) is 61.3 Å². The third-order valence-electron chi connectivity index (χ3n) is 13.3. The van der Waals surface area contributed by atoms with Gasteiger partial charge in [-0.05, 0) is 149 Å². The molecular weight excluding hydrogens is 883 g/mol. The van der Waals surface area contributed by atoms with Gasteiger partial charge < -0.3 is 14.4 Å². The van der Waals surface area contributed by atoms with Crippen molar-refractivity contribution in [1.82, 2.24) is 0 Å². The maximum atomic E-state index is 14.6. The Labute approximate surface area is 402 Å². The monoisotopic (exact) mass is 941 g/mol. The first kappa shape index (κ1) is 48.9. The molecule has 358 valence electrons. The fourth-order valence-electron chi connectivity index (χ4n) is 10.0. The van der Waals surface area contributed by atoms with E-state index in [9.17, 15) is 26.3 Å². The molecule has 8 rings (SSSR count). The maximum Gasteiger partial charge on any atom is 0.416 e. The van der Waals surface area contributed by atoms with Gasteiger partial charge in [0, 0.05) is 47.5 Å². The maximum absolute atomic E-state index is 14.6. The fourth-order valence-corrected chi connectivity index (χ4v) is 10.0. The highest BCUT2D eigenvalue weighted by atomic mass is 19.4. The molecule has 6 aromatic rings. The normalized spacial score (nSPS) is 18.8. The summed E-state index contributed by atoms with van der Waals surface area (Å²) in [5.41, 5.74) is 4.90. The molecule has 0 saturated carbocycles. The van der Waals surface area contributed by atoms with Crippen LogP contribution in [-0.2, 0) is 48.9 Å². The molecule has 2 heterocycles. The Hall–Kier alpha value is -6.55. The summed E-state index contributed by atoms with van der Waals surface area (Å²) >= 11 is 0. The van der Waals surface area contributed by atoms with E-state index in [2.05, 4.69) is 9.48 Å². The molecule has 2 aliphatic heterocycles. The van der Waals surface area contributed by atoms with Gasteiger partial charge in [0.1, 0.15) is 11.5 Å². The van der Waals surface area contributed by atoms with Gasteiger partial charge in [-0.3, -0.25) is 0 Å². The van der Waals surface area contributed by atoms with Gasteiger partial charge in [-0.25, -0.2) is 0 Å². The number of rotatable bonds is 16. The molecular formula is C59H59F6N2O2+. The Morgan fingerprint density at radius 3 is 1.58 bits per heavy atom. The van der Waals surface area contributed by atoms with E-state index < -0.39 is 34.3 Å². The first-order valence-corrected chi connectivity index (χ1v) is 23.7. The minimum atomic E-state index is -4.56. The van der Waals surface area contributed by atoms with Crippen LogP contribution in [0.25, 0.3) is 0 Å². The zero-order valence-corrected chi connectivity index (χ0v) is 40.0. The molecule has 0 spiro atoms. The van der Waals surface area contributed by atoms with Crippen LogP contribution in [-0.4, -0.2) is 35.6 Å². The number of benzene rings is 6. The molecule has 0 bridgehead atoms. The highest BCUT2D eigenvalue weighted by Gasteiger charge is 2.50. The molecule has 2 aliphatic rings. The van der Waals surface area contributed by atoms with Gasteiger partial charge in [0.2, 0.25) is 5.69 Å². The highest BCUT2D eigenvalue weighted by Crippen LogP contribution is 2.52. The van der Waals surface area contributed by atoms with Crippen molar-refractivity contribution in [3.05, 3.63) is 214 Å². The van der Waals surface area contributed by atoms with E-state index in [1.54, 1.807) is 12.1 Å². The number of nitrogens with zero attached hydrogens (tertiary/aromatic N) is 2. The molecule has 0 aromatic heterocycles. The summed E-state index contributed by atoms with van der Waals surface area (Å²) in [7, 11) is 0. The predicted octanol–water partition coefficient (Wildman–Crippen LogP) is 14.8. The molecule has 0 N–H and O–H groups in total. The first-order chi connectivity index (χ1) is 32.8. The second kappa shape index (κ2) is 19.8. The highest BCUT2D eigenvalue weighted by molar-refractivity contribution is 6.04. The van der Waals surface area contributed by atoms with E-state index in [1.807, 2.05) is 169 Å². The summed E-state index contributed by atoms with van der Waals surface area (Å²) in [5, 5.41) is 0. The zero-order valence-electron chi connectivity index (χ0n) is 40.0. The molecule has 4 nitrogen and oxygen atoms in total. The summed E-state index contributed by atoms with van der Waals surface area (Å²) in [6.07, 6.45) is -1.13. The van der Waals surface area contributed by atoms with Gasteiger partial charge >= 0.3 is 12.4 Å². The summed E-state index contributed by atoms with van der Waals surface area (Å²) in [6.45, 7) is 12.8. The van der Waals surface area contributed by atoms with Crippen molar-refractivity contribution in [2.75, 3.05) is 18.0 Å². The van der Waals surface area contributed by atoms with Crippen LogP contribution >= 0.6 is 0 Å². The van der Waals surface area contributed by atoms with Gasteiger partial charge in [0.25, 0.3) is 0 Å². The third-order valence-corrected chi connectivity index (χ3v) is 13.3. The molecule has 2 atom stereocenters. The summed E-state index contributed by atoms with van der Waals surface area (Å²) < 4.78 is 101. The molecule has 2 unspecified atom stereocenters. The van der Waals surface area contributed by atoms with Crippen molar-refractivity contribution < 1.29 is 40.4 Å². The molecule has 0 amide bonds. The lowest BCUT2D eigenvalue weighted by molar-refractivity contribution is -0.437. The number of anilines is 1. The summed E-state index contributed by atoms with van der Waals surface area (Å²) in [5.74, 6) is 1.51. The molecule has 10 heteroatoms. The lowest BCUT2D eigenvalue weighted by Crippen LogP contribution is -2.34. The van der Waals surface area contributed by atoms with Crippen molar-refractivity contribution in [3.63, 3.8) is 0 Å². The van der Waals surface area contributed by atoms with Gasteiger partial charge in [-0.1, -0.05) is 91.0 Å². The van der Waals surface area contributed by atoms with Crippen LogP contribution in [0.4, 0.5) is 37.7 Å². The summed E-state index contributed by atoms with van der Waals surface area (Å²) in [6, 6.07) is 43.4. The Morgan fingerprint density at radius 1 is 0.565 bits per heavy atom. The van der Waals surface area contributed by atoms with Crippen molar-refractivity contribution in [2.45, 2.75) is 103 Å². The average Bonchev–Trinajstić information content (AvgIpc) is 3.67. The van der Waals surface area contributed by atoms with E-state index in [0.717, 1.165) is 57.3 Å². The van der Waals surface area contributed by atoms with Gasteiger partial charge in [0.15, 0.2) is 12.3 Å². The van der Waals surface area contributed by atoms with E-state index >= 15 is 0 Å². The second-order valence-corrected chi connectivity index (χ2v) is 19.2. The van der Waals surface area contributed by atoms with Crippen LogP contribution < -0.4 is 14.4 Å². The lowest BCUT2D eigenvalue weighted by atomic mass is 9.74. The number of alkyl halides is 6. The number of hydrogen-bond donors (Lipinski definition) is 0. The van der Waals surface area contributed by atoms with E-state index in [1.165, 1.54) is 12.1 Å². The van der Waals surface area contributed by atoms with Gasteiger partial charge in [-0.15, -0.1) is 0 Å². The average molecular weight is 942 g/mol. The largest absolute Gasteiger partial charge is 0.491 e. The third kappa shape index (κ3) is 10.9. The minimum absolute atomic E-state index is 0.0149. The van der Waals surface area contributed by atoms with Gasteiger partial charge in [0.05, 0.1) is 28.7 Å². The number of halogens is 6. The van der Waals surface area contributed by atoms with Crippen LogP contribution in [0.1, 0.15) is 86.1 Å². The van der Waals surface area contributed by atoms with Crippen LogP contribution in [0.2, 0.25) is 0 Å². The Kier molecular flexibility index (Phi) is 14.0. The standard InChI is InChI=1S/C59H59F6N2O2/c1-40(2)68-48-26-20-42(21-27-48)32-34-66-52-30-24-46(58(60,61)62)36-50(52)56(5,38-44-14-9-7-10-15-44)54(66)18-13-19-55-57(6,39-45-16-11-8-12-17-45)51-37-47(59(63,64)65)25-31-53(51)67(55)35-33-43-22-28-49(29-23-43)69-41(3)4/h7-31,36-37,40-41H,32-35,38-39H2,1-6H3/q+1. The van der Waals surface area contributed by atoms with E-state index in [4.69, 9.17) is 9.47 Å².